The molecule has 2 aromatic carbocycles. The summed E-state index contributed by atoms with van der Waals surface area (Å²) >= 11 is 0. The maximum atomic E-state index is 13.9. The van der Waals surface area contributed by atoms with Crippen molar-refractivity contribution in [1.82, 2.24) is 9.80 Å². The summed E-state index contributed by atoms with van der Waals surface area (Å²) in [5, 5.41) is 0. The van der Waals surface area contributed by atoms with Crippen LogP contribution in [0.1, 0.15) is 18.1 Å². The van der Waals surface area contributed by atoms with Crippen molar-refractivity contribution in [2.75, 3.05) is 27.2 Å². The molecule has 0 radical (unpaired) electrons. The Kier molecular flexibility index (Phi) is 5.96. The number of methoxy groups -OCH3 is 1. The first kappa shape index (κ1) is 19.2. The van der Waals surface area contributed by atoms with E-state index in [9.17, 15) is 9.18 Å². The first-order valence-electron chi connectivity index (χ1n) is 9.02. The lowest BCUT2D eigenvalue weighted by Gasteiger charge is -2.37. The van der Waals surface area contributed by atoms with E-state index in [4.69, 9.17) is 9.47 Å². The van der Waals surface area contributed by atoms with Gasteiger partial charge >= 0.3 is 0 Å². The first-order valence-corrected chi connectivity index (χ1v) is 9.02. The third-order valence-corrected chi connectivity index (χ3v) is 4.99. The molecule has 0 spiro atoms. The van der Waals surface area contributed by atoms with Crippen LogP contribution in [0.2, 0.25) is 0 Å². The largest absolute Gasteiger partial charge is 0.493 e. The summed E-state index contributed by atoms with van der Waals surface area (Å²) in [4.78, 5) is 16.1. The summed E-state index contributed by atoms with van der Waals surface area (Å²) in [5.74, 6) is 0.990. The average molecular weight is 372 g/mol. The second kappa shape index (κ2) is 8.39. The molecule has 1 saturated heterocycles. The molecule has 144 valence electrons. The number of carbonyl (C=O) groups is 1. The Balaban J connectivity index is 1.81. The minimum atomic E-state index is -0.299. The number of piperazine rings is 1. The Bertz CT molecular complexity index is 812. The number of halogens is 1. The van der Waals surface area contributed by atoms with Gasteiger partial charge in [-0.1, -0.05) is 30.3 Å². The van der Waals surface area contributed by atoms with E-state index in [0.29, 0.717) is 30.2 Å². The summed E-state index contributed by atoms with van der Waals surface area (Å²) in [7, 11) is 3.40. The van der Waals surface area contributed by atoms with Crippen molar-refractivity contribution in [3.8, 4) is 11.5 Å². The van der Waals surface area contributed by atoms with Crippen LogP contribution in [0.5, 0.6) is 11.5 Å². The molecule has 1 heterocycles. The molecular formula is C21H25FN2O3. The van der Waals surface area contributed by atoms with Crippen molar-refractivity contribution in [1.29, 1.82) is 0 Å². The lowest BCUT2D eigenvalue weighted by Crippen LogP contribution is -2.53. The smallest absolute Gasteiger partial charge is 0.239 e. The zero-order chi connectivity index (χ0) is 19.4. The van der Waals surface area contributed by atoms with Crippen molar-refractivity contribution in [2.24, 2.45) is 0 Å². The third-order valence-electron chi connectivity index (χ3n) is 4.99. The predicted molar refractivity (Wildman–Crippen MR) is 101 cm³/mol. The summed E-state index contributed by atoms with van der Waals surface area (Å²) in [6.07, 6.45) is 0. The number of amides is 1. The monoisotopic (exact) mass is 372 g/mol. The first-order chi connectivity index (χ1) is 13.0. The maximum Gasteiger partial charge on any atom is 0.239 e. The predicted octanol–water partition coefficient (Wildman–Crippen LogP) is 3.08. The van der Waals surface area contributed by atoms with Crippen molar-refractivity contribution >= 4 is 5.91 Å². The molecule has 1 aliphatic rings. The molecule has 5 nitrogen and oxygen atoms in total. The number of hydrogen-bond donors (Lipinski definition) is 0. The van der Waals surface area contributed by atoms with Gasteiger partial charge in [-0.3, -0.25) is 9.69 Å². The van der Waals surface area contributed by atoms with Crippen molar-refractivity contribution in [3.63, 3.8) is 0 Å². The molecule has 0 unspecified atom stereocenters. The van der Waals surface area contributed by atoms with Gasteiger partial charge in [-0.25, -0.2) is 4.39 Å². The Hall–Kier alpha value is -2.60. The van der Waals surface area contributed by atoms with Gasteiger partial charge in [-0.05, 0) is 19.1 Å². The van der Waals surface area contributed by atoms with Gasteiger partial charge < -0.3 is 14.4 Å². The van der Waals surface area contributed by atoms with Gasteiger partial charge in [0.25, 0.3) is 0 Å². The van der Waals surface area contributed by atoms with Gasteiger partial charge in [0.05, 0.1) is 13.2 Å². The highest BCUT2D eigenvalue weighted by Gasteiger charge is 2.30. The van der Waals surface area contributed by atoms with E-state index in [0.717, 1.165) is 12.1 Å². The molecule has 1 amide bonds. The van der Waals surface area contributed by atoms with Gasteiger partial charge in [0.2, 0.25) is 5.91 Å². The van der Waals surface area contributed by atoms with Gasteiger partial charge in [-0.15, -0.1) is 0 Å². The molecule has 3 rings (SSSR count). The number of ether oxygens (including phenoxy) is 2. The molecule has 1 atom stereocenters. The zero-order valence-corrected chi connectivity index (χ0v) is 15.9. The minimum Gasteiger partial charge on any atom is -0.493 e. The van der Waals surface area contributed by atoms with Crippen LogP contribution >= 0.6 is 0 Å². The summed E-state index contributed by atoms with van der Waals surface area (Å²) in [5.41, 5.74) is 1.40. The average Bonchev–Trinajstić information content (AvgIpc) is 2.68. The fourth-order valence-corrected chi connectivity index (χ4v) is 3.27. The summed E-state index contributed by atoms with van der Waals surface area (Å²) < 4.78 is 25.3. The number of nitrogens with zero attached hydrogens (tertiary/aromatic N) is 2. The van der Waals surface area contributed by atoms with E-state index in [1.54, 1.807) is 30.2 Å². The normalized spacial score (nSPS) is 17.9. The molecule has 1 fully saturated rings. The van der Waals surface area contributed by atoms with E-state index in [-0.39, 0.29) is 24.4 Å². The fraction of sp³-hybridized carbons (Fsp3) is 0.381. The van der Waals surface area contributed by atoms with E-state index in [1.807, 2.05) is 32.2 Å². The Labute approximate surface area is 159 Å². The van der Waals surface area contributed by atoms with E-state index in [2.05, 4.69) is 4.90 Å². The maximum absolute atomic E-state index is 13.9. The van der Waals surface area contributed by atoms with E-state index in [1.165, 1.54) is 6.07 Å². The molecule has 0 bridgehead atoms. The van der Waals surface area contributed by atoms with Gasteiger partial charge in [-0.2, -0.15) is 0 Å². The number of hydrogen-bond acceptors (Lipinski definition) is 4. The molecule has 2 aromatic rings. The van der Waals surface area contributed by atoms with Crippen LogP contribution in [0.25, 0.3) is 0 Å². The zero-order valence-electron chi connectivity index (χ0n) is 15.9. The number of rotatable bonds is 6. The Morgan fingerprint density at radius 3 is 2.59 bits per heavy atom. The standard InChI is InChI=1S/C21H25FN2O3/c1-15-21(25)23(2)11-12-24(15)13-16-8-6-10-19(26-3)20(16)27-14-17-7-4-5-9-18(17)22/h4-10,15H,11-14H2,1-3H3/t15-/m0/s1. The third kappa shape index (κ3) is 4.22. The van der Waals surface area contributed by atoms with Crippen LogP contribution in [0.15, 0.2) is 42.5 Å². The molecule has 27 heavy (non-hydrogen) atoms. The van der Waals surface area contributed by atoms with Crippen molar-refractivity contribution in [3.05, 3.63) is 59.4 Å². The lowest BCUT2D eigenvalue weighted by atomic mass is 10.1. The highest BCUT2D eigenvalue weighted by molar-refractivity contribution is 5.82. The van der Waals surface area contributed by atoms with Gasteiger partial charge in [0, 0.05) is 37.8 Å². The van der Waals surface area contributed by atoms with E-state index < -0.39 is 0 Å². The number of benzene rings is 2. The number of para-hydroxylation sites is 1. The molecule has 1 aliphatic heterocycles. The lowest BCUT2D eigenvalue weighted by molar-refractivity contribution is -0.139. The van der Waals surface area contributed by atoms with Crippen LogP contribution < -0.4 is 9.47 Å². The summed E-state index contributed by atoms with van der Waals surface area (Å²) in [6, 6.07) is 12.0. The highest BCUT2D eigenvalue weighted by atomic mass is 19.1. The highest BCUT2D eigenvalue weighted by Crippen LogP contribution is 2.33. The number of carbonyl (C=O) groups excluding carboxylic acids is 1. The Morgan fingerprint density at radius 2 is 1.85 bits per heavy atom. The molecule has 0 saturated carbocycles. The van der Waals surface area contributed by atoms with Crippen LogP contribution in [-0.2, 0) is 17.9 Å². The fourth-order valence-electron chi connectivity index (χ4n) is 3.27. The SMILES string of the molecule is COc1cccc(CN2CCN(C)C(=O)[C@@H]2C)c1OCc1ccccc1F. The molecule has 0 aliphatic carbocycles. The van der Waals surface area contributed by atoms with Crippen LogP contribution in [-0.4, -0.2) is 49.0 Å². The van der Waals surface area contributed by atoms with Gasteiger partial charge in [0.1, 0.15) is 12.4 Å². The van der Waals surface area contributed by atoms with Crippen molar-refractivity contribution < 1.29 is 18.7 Å². The minimum absolute atomic E-state index is 0.108. The molecular weight excluding hydrogens is 347 g/mol. The molecule has 6 heteroatoms. The Morgan fingerprint density at radius 1 is 1.11 bits per heavy atom. The molecule has 0 aromatic heterocycles. The molecule has 0 N–H and O–H groups in total. The van der Waals surface area contributed by atoms with Crippen LogP contribution in [0, 0.1) is 5.82 Å². The summed E-state index contributed by atoms with van der Waals surface area (Å²) in [6.45, 7) is 4.06. The van der Waals surface area contributed by atoms with Crippen LogP contribution in [0.3, 0.4) is 0 Å². The van der Waals surface area contributed by atoms with Gasteiger partial charge in [0.15, 0.2) is 11.5 Å². The second-order valence-electron chi connectivity index (χ2n) is 6.73. The second-order valence-corrected chi connectivity index (χ2v) is 6.73. The van der Waals surface area contributed by atoms with Crippen LogP contribution in [0.4, 0.5) is 4.39 Å². The van der Waals surface area contributed by atoms with Crippen molar-refractivity contribution in [2.45, 2.75) is 26.1 Å². The topological polar surface area (TPSA) is 42.0 Å². The quantitative estimate of drug-likeness (QED) is 0.782. The van der Waals surface area contributed by atoms with E-state index >= 15 is 0 Å². The number of likely N-dealkylation sites (N-methyl/N-ethyl adjacent to an activating group) is 1.